The first-order chi connectivity index (χ1) is 31.0. The van der Waals surface area contributed by atoms with Crippen molar-refractivity contribution in [2.45, 2.75) is 271 Å². The third-order valence-electron chi connectivity index (χ3n) is 11.5. The smallest absolute Gasteiger partial charge is 0.306 e. The van der Waals surface area contributed by atoms with Gasteiger partial charge in [0, 0.05) is 19.3 Å². The number of hydrogen-bond donors (Lipinski definition) is 0. The van der Waals surface area contributed by atoms with Crippen LogP contribution in [0.3, 0.4) is 0 Å². The zero-order valence-electron chi connectivity index (χ0n) is 41.6. The van der Waals surface area contributed by atoms with Gasteiger partial charge in [0.05, 0.1) is 0 Å². The molecule has 0 rings (SSSR count). The summed E-state index contributed by atoms with van der Waals surface area (Å²) < 4.78 is 16.8. The second-order valence-electron chi connectivity index (χ2n) is 17.8. The first-order valence-corrected chi connectivity index (χ1v) is 26.8. The number of rotatable bonds is 48. The number of esters is 3. The van der Waals surface area contributed by atoms with Gasteiger partial charge in [0.1, 0.15) is 13.2 Å². The molecule has 0 aromatic rings. The number of allylic oxidation sites excluding steroid dienone is 10. The minimum atomic E-state index is -0.780. The van der Waals surface area contributed by atoms with Gasteiger partial charge in [-0.3, -0.25) is 14.4 Å². The molecule has 0 aromatic heterocycles. The van der Waals surface area contributed by atoms with E-state index in [0.29, 0.717) is 19.3 Å². The van der Waals surface area contributed by atoms with Crippen LogP contribution in [0, 0.1) is 0 Å². The fourth-order valence-electron chi connectivity index (χ4n) is 7.49. The summed E-state index contributed by atoms with van der Waals surface area (Å²) in [4.78, 5) is 38.0. The lowest BCUT2D eigenvalue weighted by Gasteiger charge is -2.18. The third kappa shape index (κ3) is 50.0. The molecule has 0 aliphatic rings. The zero-order valence-corrected chi connectivity index (χ0v) is 41.6. The van der Waals surface area contributed by atoms with Crippen molar-refractivity contribution in [1.29, 1.82) is 0 Å². The van der Waals surface area contributed by atoms with Crippen LogP contribution in [0.25, 0.3) is 0 Å². The van der Waals surface area contributed by atoms with Crippen LogP contribution in [0.5, 0.6) is 0 Å². The molecule has 6 nitrogen and oxygen atoms in total. The zero-order chi connectivity index (χ0) is 45.8. The Kier molecular flexibility index (Phi) is 49.4. The van der Waals surface area contributed by atoms with Gasteiger partial charge in [-0.15, -0.1) is 0 Å². The number of ether oxygens (including phenoxy) is 3. The van der Waals surface area contributed by atoms with Gasteiger partial charge in [0.2, 0.25) is 0 Å². The van der Waals surface area contributed by atoms with Gasteiger partial charge >= 0.3 is 17.9 Å². The Morgan fingerprint density at radius 1 is 0.333 bits per heavy atom. The molecule has 0 N–H and O–H groups in total. The average molecular weight is 881 g/mol. The van der Waals surface area contributed by atoms with E-state index >= 15 is 0 Å². The fraction of sp³-hybridized carbons (Fsp3) is 0.772. The SMILES string of the molecule is CC/C=C\C/C=C\C/C=C\CCCCCCCC(=O)OC[C@H](COC(=O)CCCCCCCCCCC/C=C\C/C=C\CCCCC)OC(=O)CCCCCCCCCCCCC. The first kappa shape index (κ1) is 60.1. The highest BCUT2D eigenvalue weighted by atomic mass is 16.6. The molecule has 0 unspecified atom stereocenters. The van der Waals surface area contributed by atoms with Crippen LogP contribution >= 0.6 is 0 Å². The maximum atomic E-state index is 12.8. The van der Waals surface area contributed by atoms with Crippen LogP contribution in [-0.4, -0.2) is 37.2 Å². The van der Waals surface area contributed by atoms with Gasteiger partial charge in [0.15, 0.2) is 6.10 Å². The first-order valence-electron chi connectivity index (χ1n) is 26.8. The quantitative estimate of drug-likeness (QED) is 0.0262. The summed E-state index contributed by atoms with van der Waals surface area (Å²) in [5, 5.41) is 0. The van der Waals surface area contributed by atoms with Crippen LogP contribution in [0.1, 0.15) is 265 Å². The molecular formula is C57H100O6. The van der Waals surface area contributed by atoms with E-state index in [1.165, 1.54) is 122 Å². The molecule has 6 heteroatoms. The molecule has 0 bridgehead atoms. The fourth-order valence-corrected chi connectivity index (χ4v) is 7.49. The Bertz CT molecular complexity index is 1150. The molecule has 0 fully saturated rings. The van der Waals surface area contributed by atoms with E-state index in [4.69, 9.17) is 14.2 Å². The van der Waals surface area contributed by atoms with Gasteiger partial charge in [-0.25, -0.2) is 0 Å². The summed E-state index contributed by atoms with van der Waals surface area (Å²) in [6.45, 7) is 6.49. The molecule has 0 aliphatic carbocycles. The summed E-state index contributed by atoms with van der Waals surface area (Å²) in [6.07, 6.45) is 63.5. The molecule has 63 heavy (non-hydrogen) atoms. The van der Waals surface area contributed by atoms with E-state index in [2.05, 4.69) is 81.5 Å². The van der Waals surface area contributed by atoms with Gasteiger partial charge < -0.3 is 14.2 Å². The minimum Gasteiger partial charge on any atom is -0.462 e. The van der Waals surface area contributed by atoms with Crippen molar-refractivity contribution < 1.29 is 28.6 Å². The highest BCUT2D eigenvalue weighted by Crippen LogP contribution is 2.15. The lowest BCUT2D eigenvalue weighted by atomic mass is 10.1. The van der Waals surface area contributed by atoms with Crippen LogP contribution < -0.4 is 0 Å². The number of carbonyl (C=O) groups excluding carboxylic acids is 3. The molecule has 0 radical (unpaired) electrons. The summed E-state index contributed by atoms with van der Waals surface area (Å²) in [6, 6.07) is 0. The van der Waals surface area contributed by atoms with Crippen molar-refractivity contribution in [3.63, 3.8) is 0 Å². The minimum absolute atomic E-state index is 0.0802. The van der Waals surface area contributed by atoms with Crippen LogP contribution in [0.15, 0.2) is 60.8 Å². The predicted octanol–water partition coefficient (Wildman–Crippen LogP) is 17.6. The molecule has 364 valence electrons. The van der Waals surface area contributed by atoms with E-state index in [9.17, 15) is 14.4 Å². The molecule has 0 aromatic carbocycles. The second kappa shape index (κ2) is 51.7. The van der Waals surface area contributed by atoms with E-state index in [1.54, 1.807) is 0 Å². The Morgan fingerprint density at radius 3 is 1.00 bits per heavy atom. The summed E-state index contributed by atoms with van der Waals surface area (Å²) in [5.41, 5.74) is 0. The Hall–Kier alpha value is -2.89. The predicted molar refractivity (Wildman–Crippen MR) is 270 cm³/mol. The maximum absolute atomic E-state index is 12.8. The summed E-state index contributed by atoms with van der Waals surface area (Å²) in [7, 11) is 0. The Labute approximate surface area is 390 Å². The molecule has 1 atom stereocenters. The topological polar surface area (TPSA) is 78.9 Å². The summed E-state index contributed by atoms with van der Waals surface area (Å²) in [5.74, 6) is -0.895. The van der Waals surface area contributed by atoms with E-state index < -0.39 is 6.10 Å². The van der Waals surface area contributed by atoms with Crippen molar-refractivity contribution in [3.8, 4) is 0 Å². The monoisotopic (exact) mass is 881 g/mol. The molecule has 0 saturated heterocycles. The average Bonchev–Trinajstić information content (AvgIpc) is 3.28. The van der Waals surface area contributed by atoms with Crippen molar-refractivity contribution in [2.75, 3.05) is 13.2 Å². The van der Waals surface area contributed by atoms with Crippen LogP contribution in [0.2, 0.25) is 0 Å². The van der Waals surface area contributed by atoms with Crippen molar-refractivity contribution in [2.24, 2.45) is 0 Å². The van der Waals surface area contributed by atoms with Crippen molar-refractivity contribution >= 4 is 17.9 Å². The second-order valence-corrected chi connectivity index (χ2v) is 17.8. The van der Waals surface area contributed by atoms with Gasteiger partial charge in [-0.05, 0) is 83.5 Å². The molecule has 0 spiro atoms. The summed E-state index contributed by atoms with van der Waals surface area (Å²) >= 11 is 0. The van der Waals surface area contributed by atoms with E-state index in [-0.39, 0.29) is 31.1 Å². The number of carbonyl (C=O) groups is 3. The molecule has 0 aliphatic heterocycles. The van der Waals surface area contributed by atoms with Gasteiger partial charge in [0.25, 0.3) is 0 Å². The Morgan fingerprint density at radius 2 is 0.619 bits per heavy atom. The standard InChI is InChI=1S/C57H100O6/c1-4-7-10-13-16-19-22-24-26-27-28-29-31-33-36-38-41-44-47-50-56(59)62-53-54(63-57(60)51-48-45-42-39-34-21-18-15-12-9-6-3)52-61-55(58)49-46-43-40-37-35-32-30-25-23-20-17-14-11-8-5-2/h8,11,16-17,19-20,24-26,30,54H,4-7,9-10,12-15,18,21-23,27-29,31-53H2,1-3H3/b11-8-,19-16-,20-17-,26-24-,30-25-/t54-/m1/s1. The van der Waals surface area contributed by atoms with E-state index in [0.717, 1.165) is 103 Å². The molecule has 0 amide bonds. The third-order valence-corrected chi connectivity index (χ3v) is 11.5. The molecule has 0 heterocycles. The molecule has 0 saturated carbocycles. The van der Waals surface area contributed by atoms with Crippen LogP contribution in [0.4, 0.5) is 0 Å². The lowest BCUT2D eigenvalue weighted by Crippen LogP contribution is -2.30. The maximum Gasteiger partial charge on any atom is 0.306 e. The van der Waals surface area contributed by atoms with E-state index in [1.807, 2.05) is 0 Å². The Balaban J connectivity index is 4.34. The number of hydrogen-bond acceptors (Lipinski definition) is 6. The van der Waals surface area contributed by atoms with Gasteiger partial charge in [-0.1, -0.05) is 223 Å². The largest absolute Gasteiger partial charge is 0.462 e. The lowest BCUT2D eigenvalue weighted by molar-refractivity contribution is -0.167. The van der Waals surface area contributed by atoms with Crippen LogP contribution in [-0.2, 0) is 28.6 Å². The van der Waals surface area contributed by atoms with Crippen molar-refractivity contribution in [3.05, 3.63) is 60.8 Å². The van der Waals surface area contributed by atoms with Gasteiger partial charge in [-0.2, -0.15) is 0 Å². The number of unbranched alkanes of at least 4 members (excludes halogenated alkanes) is 27. The normalized spacial score (nSPS) is 12.5. The molecular weight excluding hydrogens is 781 g/mol. The van der Waals surface area contributed by atoms with Crippen molar-refractivity contribution in [1.82, 2.24) is 0 Å². The highest BCUT2D eigenvalue weighted by Gasteiger charge is 2.19. The highest BCUT2D eigenvalue weighted by molar-refractivity contribution is 5.71.